The number of rotatable bonds is 2. The topological polar surface area (TPSA) is 46.5 Å². The lowest BCUT2D eigenvalue weighted by molar-refractivity contribution is -0.152. The van der Waals surface area contributed by atoms with E-state index in [4.69, 9.17) is 5.11 Å². The van der Waals surface area contributed by atoms with Crippen LogP contribution in [0.2, 0.25) is 0 Å². The first-order valence-electron chi connectivity index (χ1n) is 4.53. The monoisotopic (exact) mass is 270 g/mol. The molecule has 0 atom stereocenters. The van der Waals surface area contributed by atoms with Gasteiger partial charge in [-0.3, -0.25) is 0 Å². The van der Waals surface area contributed by atoms with Gasteiger partial charge in [0.05, 0.1) is 0 Å². The second kappa shape index (κ2) is 4.52. The number of carbonyl (C=O) groups excluding carboxylic acids is 1. The minimum absolute atomic E-state index is 0.918. The quantitative estimate of drug-likeness (QED) is 0.294. The Kier molecular flexibility index (Phi) is 3.61. The Morgan fingerprint density at radius 1 is 0.944 bits per heavy atom. The molecule has 1 aromatic carbocycles. The molecule has 0 spiro atoms. The molecule has 0 unspecified atom stereocenters. The maximum absolute atomic E-state index is 13.1. The molecular formula is C10H7F5O3. The van der Waals surface area contributed by atoms with Crippen molar-refractivity contribution in [2.75, 3.05) is 0 Å². The number of halogens is 5. The molecule has 0 heterocycles. The predicted molar refractivity (Wildman–Crippen MR) is 48.2 cm³/mol. The molecule has 0 radical (unpaired) electrons. The molecule has 0 fully saturated rings. The highest BCUT2D eigenvalue weighted by Gasteiger charge is 2.32. The fraction of sp³-hybridized carbons (Fsp3) is 0.300. The largest absolute Gasteiger partial charge is 0.418 e. The number of hydrogen-bond donors (Lipinski definition) is 1. The zero-order valence-electron chi connectivity index (χ0n) is 9.15. The van der Waals surface area contributed by atoms with Gasteiger partial charge >= 0.3 is 5.97 Å². The normalized spacial score (nSPS) is 11.6. The number of esters is 1. The molecule has 0 aromatic heterocycles. The molecular weight excluding hydrogens is 263 g/mol. The van der Waals surface area contributed by atoms with Gasteiger partial charge < -0.3 is 9.84 Å². The van der Waals surface area contributed by atoms with E-state index in [-0.39, 0.29) is 0 Å². The molecule has 0 bridgehead atoms. The highest BCUT2D eigenvalue weighted by Crippen LogP contribution is 2.29. The van der Waals surface area contributed by atoms with Crippen molar-refractivity contribution in [3.8, 4) is 5.75 Å². The van der Waals surface area contributed by atoms with Crippen molar-refractivity contribution >= 4 is 5.97 Å². The minimum Gasteiger partial charge on any atom is -0.418 e. The second-order valence-corrected chi connectivity index (χ2v) is 3.85. The Hall–Kier alpha value is -1.70. The molecule has 0 aliphatic rings. The molecule has 1 aromatic rings. The Bertz CT molecular complexity index is 478. The molecule has 0 saturated heterocycles. The lowest BCUT2D eigenvalue weighted by atomic mass is 10.1. The summed E-state index contributed by atoms with van der Waals surface area (Å²) in [6.45, 7) is 1.84. The molecule has 1 N–H and O–H groups in total. The average Bonchev–Trinajstić information content (AvgIpc) is 2.28. The smallest absolute Gasteiger partial charge is 0.343 e. The SMILES string of the molecule is CC(C)(O)C(=O)Oc1c(F)c(F)c(F)c(F)c1F. The zero-order chi connectivity index (χ0) is 14.2. The summed E-state index contributed by atoms with van der Waals surface area (Å²) >= 11 is 0. The van der Waals surface area contributed by atoms with Crippen LogP contribution in [0.1, 0.15) is 13.8 Å². The van der Waals surface area contributed by atoms with Gasteiger partial charge in [0, 0.05) is 0 Å². The summed E-state index contributed by atoms with van der Waals surface area (Å²) in [6, 6.07) is 0. The van der Waals surface area contributed by atoms with Crippen molar-refractivity contribution in [2.24, 2.45) is 0 Å². The van der Waals surface area contributed by atoms with Gasteiger partial charge in [0.25, 0.3) is 0 Å². The molecule has 1 rings (SSSR count). The highest BCUT2D eigenvalue weighted by molar-refractivity contribution is 5.80. The van der Waals surface area contributed by atoms with Gasteiger partial charge in [0.2, 0.25) is 34.8 Å². The third-order valence-corrected chi connectivity index (χ3v) is 1.86. The molecule has 0 saturated carbocycles. The molecule has 18 heavy (non-hydrogen) atoms. The van der Waals surface area contributed by atoms with Crippen LogP contribution in [0.4, 0.5) is 22.0 Å². The van der Waals surface area contributed by atoms with Crippen LogP contribution < -0.4 is 4.74 Å². The standard InChI is InChI=1S/C10H7F5O3/c1-10(2,17)9(16)18-8-6(14)4(12)3(11)5(13)7(8)15/h17H,1-2H3. The van der Waals surface area contributed by atoms with E-state index in [9.17, 15) is 26.7 Å². The van der Waals surface area contributed by atoms with Gasteiger partial charge in [-0.05, 0) is 13.8 Å². The summed E-state index contributed by atoms with van der Waals surface area (Å²) in [5, 5.41) is 9.14. The zero-order valence-corrected chi connectivity index (χ0v) is 9.15. The third kappa shape index (κ3) is 2.42. The molecule has 0 aliphatic heterocycles. The van der Waals surface area contributed by atoms with Crippen LogP contribution in [0.25, 0.3) is 0 Å². The van der Waals surface area contributed by atoms with Gasteiger partial charge in [0.1, 0.15) is 0 Å². The van der Waals surface area contributed by atoms with Crippen molar-refractivity contribution in [1.29, 1.82) is 0 Å². The summed E-state index contributed by atoms with van der Waals surface area (Å²) in [7, 11) is 0. The molecule has 8 heteroatoms. The summed E-state index contributed by atoms with van der Waals surface area (Å²) in [6.07, 6.45) is 0. The van der Waals surface area contributed by atoms with Crippen LogP contribution in [-0.2, 0) is 4.79 Å². The van der Waals surface area contributed by atoms with Crippen LogP contribution in [0.3, 0.4) is 0 Å². The van der Waals surface area contributed by atoms with Crippen LogP contribution in [0, 0.1) is 29.1 Å². The maximum atomic E-state index is 13.1. The highest BCUT2D eigenvalue weighted by atomic mass is 19.2. The first-order chi connectivity index (χ1) is 8.07. The summed E-state index contributed by atoms with van der Waals surface area (Å²) in [5.41, 5.74) is -2.15. The average molecular weight is 270 g/mol. The van der Waals surface area contributed by atoms with Gasteiger partial charge in [-0.1, -0.05) is 0 Å². The van der Waals surface area contributed by atoms with Crippen LogP contribution in [-0.4, -0.2) is 16.7 Å². The Morgan fingerprint density at radius 3 is 1.61 bits per heavy atom. The van der Waals surface area contributed by atoms with E-state index in [1.54, 1.807) is 0 Å². The Balaban J connectivity index is 3.31. The van der Waals surface area contributed by atoms with Crippen molar-refractivity contribution in [2.45, 2.75) is 19.4 Å². The number of hydrogen-bond acceptors (Lipinski definition) is 3. The van der Waals surface area contributed by atoms with E-state index >= 15 is 0 Å². The number of benzene rings is 1. The number of carbonyl (C=O) groups is 1. The predicted octanol–water partition coefficient (Wildman–Crippen LogP) is 2.06. The Morgan fingerprint density at radius 2 is 1.28 bits per heavy atom. The van der Waals surface area contributed by atoms with Gasteiger partial charge in [-0.15, -0.1) is 0 Å². The Labute approximate surface area is 97.8 Å². The minimum atomic E-state index is -2.37. The lowest BCUT2D eigenvalue weighted by Gasteiger charge is -2.16. The number of ether oxygens (including phenoxy) is 1. The van der Waals surface area contributed by atoms with E-state index in [2.05, 4.69) is 4.74 Å². The molecule has 3 nitrogen and oxygen atoms in total. The maximum Gasteiger partial charge on any atom is 0.343 e. The van der Waals surface area contributed by atoms with E-state index in [1.807, 2.05) is 0 Å². The first-order valence-corrected chi connectivity index (χ1v) is 4.53. The molecule has 100 valence electrons. The lowest BCUT2D eigenvalue weighted by Crippen LogP contribution is -2.35. The van der Waals surface area contributed by atoms with Crippen molar-refractivity contribution in [3.05, 3.63) is 29.1 Å². The van der Waals surface area contributed by atoms with Crippen LogP contribution >= 0.6 is 0 Å². The fourth-order valence-electron chi connectivity index (χ4n) is 0.892. The van der Waals surface area contributed by atoms with Crippen molar-refractivity contribution in [1.82, 2.24) is 0 Å². The summed E-state index contributed by atoms with van der Waals surface area (Å²) < 4.78 is 68.2. The van der Waals surface area contributed by atoms with Crippen LogP contribution in [0.5, 0.6) is 5.75 Å². The fourth-order valence-corrected chi connectivity index (χ4v) is 0.892. The van der Waals surface area contributed by atoms with E-state index < -0.39 is 46.4 Å². The first kappa shape index (κ1) is 14.4. The van der Waals surface area contributed by atoms with E-state index in [0.717, 1.165) is 13.8 Å². The molecule has 0 amide bonds. The second-order valence-electron chi connectivity index (χ2n) is 3.85. The summed E-state index contributed by atoms with van der Waals surface area (Å²) in [4.78, 5) is 11.1. The van der Waals surface area contributed by atoms with Gasteiger partial charge in [-0.25, -0.2) is 18.0 Å². The number of aliphatic hydroxyl groups is 1. The van der Waals surface area contributed by atoms with Gasteiger partial charge in [0.15, 0.2) is 5.60 Å². The van der Waals surface area contributed by atoms with Crippen molar-refractivity contribution < 1.29 is 36.6 Å². The van der Waals surface area contributed by atoms with E-state index in [1.165, 1.54) is 0 Å². The van der Waals surface area contributed by atoms with Crippen LogP contribution in [0.15, 0.2) is 0 Å². The summed E-state index contributed by atoms with van der Waals surface area (Å²) in [5.74, 6) is -14.7. The third-order valence-electron chi connectivity index (χ3n) is 1.86. The van der Waals surface area contributed by atoms with Crippen molar-refractivity contribution in [3.63, 3.8) is 0 Å². The van der Waals surface area contributed by atoms with E-state index in [0.29, 0.717) is 0 Å². The molecule has 0 aliphatic carbocycles. The van der Waals surface area contributed by atoms with Gasteiger partial charge in [-0.2, -0.15) is 8.78 Å².